The van der Waals surface area contributed by atoms with Crippen LogP contribution in [0.15, 0.2) is 0 Å². The van der Waals surface area contributed by atoms with Gasteiger partial charge in [-0.3, -0.25) is 4.79 Å². The minimum Gasteiger partial charge on any atom is -0.481 e. The highest BCUT2D eigenvalue weighted by Gasteiger charge is 2.41. The van der Waals surface area contributed by atoms with Gasteiger partial charge in [0.15, 0.2) is 0 Å². The molecular weight excluding hydrogens is 284 g/mol. The standard InChI is InChI=1S/C12H24N2O5S/c1-12(2,11(15)16)10-5-4-7-14(9-10)20(17,18)13-6-8-19-3/h10,13H,4-9H2,1-3H3,(H,15,16). The van der Waals surface area contributed by atoms with Crippen molar-refractivity contribution in [2.75, 3.05) is 33.4 Å². The van der Waals surface area contributed by atoms with Crippen LogP contribution < -0.4 is 4.72 Å². The zero-order valence-electron chi connectivity index (χ0n) is 12.3. The Labute approximate surface area is 120 Å². The number of aliphatic carboxylic acids is 1. The Kier molecular flexibility index (Phi) is 5.93. The Hall–Kier alpha value is -0.700. The fraction of sp³-hybridized carbons (Fsp3) is 0.917. The number of hydrogen-bond donors (Lipinski definition) is 2. The summed E-state index contributed by atoms with van der Waals surface area (Å²) in [6.45, 7) is 4.47. The number of nitrogens with one attached hydrogen (secondary N) is 1. The zero-order valence-corrected chi connectivity index (χ0v) is 13.1. The molecule has 0 aromatic carbocycles. The van der Waals surface area contributed by atoms with E-state index in [1.807, 2.05) is 0 Å². The number of carboxylic acids is 1. The van der Waals surface area contributed by atoms with Gasteiger partial charge in [-0.2, -0.15) is 17.4 Å². The molecule has 20 heavy (non-hydrogen) atoms. The van der Waals surface area contributed by atoms with Crippen molar-refractivity contribution >= 4 is 16.2 Å². The number of piperidine rings is 1. The van der Waals surface area contributed by atoms with Crippen LogP contribution in [0.4, 0.5) is 0 Å². The first-order chi connectivity index (χ1) is 9.21. The molecule has 0 saturated carbocycles. The summed E-state index contributed by atoms with van der Waals surface area (Å²) in [5.74, 6) is -1.08. The van der Waals surface area contributed by atoms with Crippen molar-refractivity contribution in [3.05, 3.63) is 0 Å². The van der Waals surface area contributed by atoms with Gasteiger partial charge in [-0.05, 0) is 32.6 Å². The molecule has 0 aliphatic carbocycles. The van der Waals surface area contributed by atoms with Crippen LogP contribution in [0.25, 0.3) is 0 Å². The number of carboxylic acid groups (broad SMARTS) is 1. The third kappa shape index (κ3) is 4.15. The van der Waals surface area contributed by atoms with Crippen LogP contribution in [-0.2, 0) is 19.7 Å². The normalized spacial score (nSPS) is 21.9. The Balaban J connectivity index is 2.71. The van der Waals surface area contributed by atoms with Gasteiger partial charge in [0, 0.05) is 26.7 Å². The number of ether oxygens (including phenoxy) is 1. The first kappa shape index (κ1) is 17.4. The summed E-state index contributed by atoms with van der Waals surface area (Å²) in [6, 6.07) is 0. The maximum Gasteiger partial charge on any atom is 0.309 e. The predicted octanol–water partition coefficient (Wildman–Crippen LogP) is 0.290. The van der Waals surface area contributed by atoms with Gasteiger partial charge in [-0.15, -0.1) is 0 Å². The first-order valence-corrected chi connectivity index (χ1v) is 8.13. The molecule has 1 rings (SSSR count). The topological polar surface area (TPSA) is 95.9 Å². The third-order valence-electron chi connectivity index (χ3n) is 3.89. The molecule has 2 N–H and O–H groups in total. The summed E-state index contributed by atoms with van der Waals surface area (Å²) >= 11 is 0. The SMILES string of the molecule is COCCNS(=O)(=O)N1CCCC(C(C)(C)C(=O)O)C1. The van der Waals surface area contributed by atoms with Crippen LogP contribution in [0.1, 0.15) is 26.7 Å². The van der Waals surface area contributed by atoms with E-state index >= 15 is 0 Å². The Bertz CT molecular complexity index is 435. The molecule has 0 amide bonds. The smallest absolute Gasteiger partial charge is 0.309 e. The lowest BCUT2D eigenvalue weighted by atomic mass is 9.75. The van der Waals surface area contributed by atoms with E-state index in [2.05, 4.69) is 4.72 Å². The monoisotopic (exact) mass is 308 g/mol. The highest BCUT2D eigenvalue weighted by molar-refractivity contribution is 7.87. The molecule has 118 valence electrons. The lowest BCUT2D eigenvalue weighted by Gasteiger charge is -2.38. The summed E-state index contributed by atoms with van der Waals surface area (Å²) in [7, 11) is -2.06. The van der Waals surface area contributed by atoms with Crippen molar-refractivity contribution in [3.8, 4) is 0 Å². The van der Waals surface area contributed by atoms with E-state index in [0.29, 0.717) is 19.6 Å². The van der Waals surface area contributed by atoms with E-state index in [1.54, 1.807) is 13.8 Å². The quantitative estimate of drug-likeness (QED) is 0.659. The van der Waals surface area contributed by atoms with Crippen molar-refractivity contribution < 1.29 is 23.1 Å². The maximum absolute atomic E-state index is 12.1. The molecule has 1 aliphatic rings. The molecule has 1 saturated heterocycles. The second-order valence-corrected chi connectivity index (χ2v) is 7.37. The van der Waals surface area contributed by atoms with E-state index in [1.165, 1.54) is 11.4 Å². The molecule has 1 aliphatic heterocycles. The number of methoxy groups -OCH3 is 1. The van der Waals surface area contributed by atoms with Crippen LogP contribution in [0.5, 0.6) is 0 Å². The van der Waals surface area contributed by atoms with Gasteiger partial charge in [-0.25, -0.2) is 0 Å². The molecule has 1 atom stereocenters. The predicted molar refractivity (Wildman–Crippen MR) is 74.5 cm³/mol. The largest absolute Gasteiger partial charge is 0.481 e. The number of carbonyl (C=O) groups is 1. The molecule has 1 heterocycles. The highest BCUT2D eigenvalue weighted by atomic mass is 32.2. The molecule has 0 spiro atoms. The zero-order chi connectivity index (χ0) is 15.4. The molecule has 0 bridgehead atoms. The summed E-state index contributed by atoms with van der Waals surface area (Å²) in [6.07, 6.45) is 1.40. The molecule has 0 aromatic rings. The van der Waals surface area contributed by atoms with Crippen LogP contribution >= 0.6 is 0 Å². The van der Waals surface area contributed by atoms with Gasteiger partial charge in [-0.1, -0.05) is 0 Å². The Morgan fingerprint density at radius 2 is 2.15 bits per heavy atom. The molecule has 0 radical (unpaired) electrons. The van der Waals surface area contributed by atoms with Crippen molar-refractivity contribution in [2.45, 2.75) is 26.7 Å². The van der Waals surface area contributed by atoms with E-state index in [-0.39, 0.29) is 19.0 Å². The number of rotatable bonds is 7. The third-order valence-corrected chi connectivity index (χ3v) is 5.47. The van der Waals surface area contributed by atoms with Crippen LogP contribution in [-0.4, -0.2) is 57.1 Å². The summed E-state index contributed by atoms with van der Waals surface area (Å²) in [5.41, 5.74) is -0.930. The first-order valence-electron chi connectivity index (χ1n) is 6.69. The van der Waals surface area contributed by atoms with Gasteiger partial charge in [0.25, 0.3) is 10.2 Å². The van der Waals surface area contributed by atoms with Crippen molar-refractivity contribution in [1.29, 1.82) is 0 Å². The van der Waals surface area contributed by atoms with Gasteiger partial charge in [0.05, 0.1) is 12.0 Å². The maximum atomic E-state index is 12.1. The van der Waals surface area contributed by atoms with Crippen molar-refractivity contribution in [3.63, 3.8) is 0 Å². The summed E-state index contributed by atoms with van der Waals surface area (Å²) in [4.78, 5) is 11.3. The van der Waals surface area contributed by atoms with E-state index in [0.717, 1.165) is 6.42 Å². The number of hydrogen-bond acceptors (Lipinski definition) is 4. The van der Waals surface area contributed by atoms with Crippen LogP contribution in [0, 0.1) is 11.3 Å². The van der Waals surface area contributed by atoms with Gasteiger partial charge in [0.2, 0.25) is 0 Å². The average Bonchev–Trinajstić information content (AvgIpc) is 2.39. The van der Waals surface area contributed by atoms with Crippen LogP contribution in [0.2, 0.25) is 0 Å². The molecule has 8 heteroatoms. The highest BCUT2D eigenvalue weighted by Crippen LogP contribution is 2.34. The minimum atomic E-state index is -3.56. The molecular formula is C12H24N2O5S. The second kappa shape index (κ2) is 6.84. The van der Waals surface area contributed by atoms with E-state index in [9.17, 15) is 18.3 Å². The minimum absolute atomic E-state index is 0.187. The van der Waals surface area contributed by atoms with Crippen molar-refractivity contribution in [2.24, 2.45) is 11.3 Å². The fourth-order valence-corrected chi connectivity index (χ4v) is 3.56. The molecule has 1 unspecified atom stereocenters. The molecule has 0 aromatic heterocycles. The van der Waals surface area contributed by atoms with Gasteiger partial charge >= 0.3 is 5.97 Å². The average molecular weight is 308 g/mol. The van der Waals surface area contributed by atoms with E-state index < -0.39 is 21.6 Å². The lowest BCUT2D eigenvalue weighted by molar-refractivity contribution is -0.151. The fourth-order valence-electron chi connectivity index (χ4n) is 2.29. The lowest BCUT2D eigenvalue weighted by Crippen LogP contribution is -2.50. The Morgan fingerprint density at radius 1 is 1.50 bits per heavy atom. The summed E-state index contributed by atoms with van der Waals surface area (Å²) in [5, 5.41) is 9.26. The number of nitrogens with zero attached hydrogens (tertiary/aromatic N) is 1. The molecule has 7 nitrogen and oxygen atoms in total. The van der Waals surface area contributed by atoms with Gasteiger partial charge in [0.1, 0.15) is 0 Å². The second-order valence-electron chi connectivity index (χ2n) is 5.62. The van der Waals surface area contributed by atoms with Crippen LogP contribution in [0.3, 0.4) is 0 Å². The van der Waals surface area contributed by atoms with Crippen molar-refractivity contribution in [1.82, 2.24) is 9.03 Å². The molecule has 1 fully saturated rings. The van der Waals surface area contributed by atoms with Gasteiger partial charge < -0.3 is 9.84 Å². The summed E-state index contributed by atoms with van der Waals surface area (Å²) < 4.78 is 32.8. The van der Waals surface area contributed by atoms with E-state index in [4.69, 9.17) is 4.74 Å². The Morgan fingerprint density at radius 3 is 2.70 bits per heavy atom.